The fraction of sp³-hybridized carbons (Fsp3) is 0.267. The Kier molecular flexibility index (Phi) is 4.93. The molecule has 6 heteroatoms. The third-order valence-corrected chi connectivity index (χ3v) is 4.92. The summed E-state index contributed by atoms with van der Waals surface area (Å²) in [5, 5.41) is 0. The van der Waals surface area contributed by atoms with Crippen molar-refractivity contribution in [3.8, 4) is 0 Å². The van der Waals surface area contributed by atoms with Crippen molar-refractivity contribution in [2.45, 2.75) is 24.8 Å². The SMILES string of the molecule is CCCN(c1ccc(CN)cc1)S(=O)(=O)c1cccnc1. The minimum atomic E-state index is -3.60. The van der Waals surface area contributed by atoms with Crippen LogP contribution in [0.15, 0.2) is 53.7 Å². The van der Waals surface area contributed by atoms with Crippen LogP contribution in [0.3, 0.4) is 0 Å². The van der Waals surface area contributed by atoms with Crippen LogP contribution in [0.1, 0.15) is 18.9 Å². The fourth-order valence-electron chi connectivity index (χ4n) is 2.02. The van der Waals surface area contributed by atoms with E-state index in [1.165, 1.54) is 10.5 Å². The summed E-state index contributed by atoms with van der Waals surface area (Å²) >= 11 is 0. The van der Waals surface area contributed by atoms with Crippen LogP contribution in [0.5, 0.6) is 0 Å². The average Bonchev–Trinajstić information content (AvgIpc) is 2.53. The second-order valence-corrected chi connectivity index (χ2v) is 6.50. The van der Waals surface area contributed by atoms with Crippen LogP contribution in [-0.2, 0) is 16.6 Å². The Balaban J connectivity index is 2.42. The Morgan fingerprint density at radius 1 is 1.19 bits per heavy atom. The first-order valence-corrected chi connectivity index (χ1v) is 8.25. The number of benzene rings is 1. The van der Waals surface area contributed by atoms with Gasteiger partial charge in [0.25, 0.3) is 10.0 Å². The molecule has 0 unspecified atom stereocenters. The zero-order valence-corrected chi connectivity index (χ0v) is 12.8. The molecule has 2 aromatic rings. The number of sulfonamides is 1. The van der Waals surface area contributed by atoms with Gasteiger partial charge in [0.2, 0.25) is 0 Å². The van der Waals surface area contributed by atoms with Crippen LogP contribution in [0, 0.1) is 0 Å². The second kappa shape index (κ2) is 6.69. The summed E-state index contributed by atoms with van der Waals surface area (Å²) in [6, 6.07) is 10.4. The van der Waals surface area contributed by atoms with E-state index in [9.17, 15) is 8.42 Å². The molecular formula is C15H19N3O2S. The maximum absolute atomic E-state index is 12.7. The largest absolute Gasteiger partial charge is 0.326 e. The monoisotopic (exact) mass is 305 g/mol. The highest BCUT2D eigenvalue weighted by Gasteiger charge is 2.24. The number of rotatable bonds is 6. The van der Waals surface area contributed by atoms with Crippen molar-refractivity contribution < 1.29 is 8.42 Å². The Labute approximate surface area is 125 Å². The highest BCUT2D eigenvalue weighted by atomic mass is 32.2. The van der Waals surface area contributed by atoms with Crippen molar-refractivity contribution >= 4 is 15.7 Å². The lowest BCUT2D eigenvalue weighted by Gasteiger charge is -2.24. The van der Waals surface area contributed by atoms with E-state index in [0.717, 1.165) is 12.0 Å². The van der Waals surface area contributed by atoms with Gasteiger partial charge in [-0.05, 0) is 36.2 Å². The zero-order valence-electron chi connectivity index (χ0n) is 11.9. The standard InChI is InChI=1S/C15H19N3O2S/c1-2-10-18(14-7-5-13(11-16)6-8-14)21(19,20)15-4-3-9-17-12-15/h3-9,12H,2,10-11,16H2,1H3. The topological polar surface area (TPSA) is 76.3 Å². The van der Waals surface area contributed by atoms with Gasteiger partial charge < -0.3 is 5.73 Å². The van der Waals surface area contributed by atoms with Crippen molar-refractivity contribution in [2.24, 2.45) is 5.73 Å². The van der Waals surface area contributed by atoms with Crippen LogP contribution < -0.4 is 10.0 Å². The summed E-state index contributed by atoms with van der Waals surface area (Å²) in [4.78, 5) is 4.09. The molecule has 0 fully saturated rings. The van der Waals surface area contributed by atoms with Crippen LogP contribution in [0.4, 0.5) is 5.69 Å². The van der Waals surface area contributed by atoms with Gasteiger partial charge in [0.15, 0.2) is 0 Å². The molecule has 0 atom stereocenters. The van der Waals surface area contributed by atoms with E-state index in [0.29, 0.717) is 18.8 Å². The molecule has 0 aliphatic heterocycles. The smallest absolute Gasteiger partial charge is 0.265 e. The van der Waals surface area contributed by atoms with Gasteiger partial charge in [-0.15, -0.1) is 0 Å². The number of nitrogens with zero attached hydrogens (tertiary/aromatic N) is 2. The lowest BCUT2D eigenvalue weighted by molar-refractivity contribution is 0.589. The van der Waals surface area contributed by atoms with Crippen molar-refractivity contribution in [3.63, 3.8) is 0 Å². The van der Waals surface area contributed by atoms with E-state index in [1.54, 1.807) is 30.5 Å². The Hall–Kier alpha value is -1.92. The number of pyridine rings is 1. The van der Waals surface area contributed by atoms with Crippen LogP contribution in [0.2, 0.25) is 0 Å². The Morgan fingerprint density at radius 2 is 1.90 bits per heavy atom. The molecule has 0 spiro atoms. The predicted molar refractivity (Wildman–Crippen MR) is 83.4 cm³/mol. The zero-order chi connectivity index (χ0) is 15.3. The molecule has 0 bridgehead atoms. The molecular weight excluding hydrogens is 286 g/mol. The third kappa shape index (κ3) is 3.40. The molecule has 0 saturated carbocycles. The molecule has 0 saturated heterocycles. The molecule has 5 nitrogen and oxygen atoms in total. The molecule has 0 aliphatic carbocycles. The first kappa shape index (κ1) is 15.5. The van der Waals surface area contributed by atoms with Crippen LogP contribution in [0.25, 0.3) is 0 Å². The summed E-state index contributed by atoms with van der Waals surface area (Å²) in [5.41, 5.74) is 7.17. The van der Waals surface area contributed by atoms with Gasteiger partial charge in [0, 0.05) is 25.5 Å². The van der Waals surface area contributed by atoms with Gasteiger partial charge in [-0.2, -0.15) is 0 Å². The van der Waals surface area contributed by atoms with E-state index >= 15 is 0 Å². The summed E-state index contributed by atoms with van der Waals surface area (Å²) in [7, 11) is -3.60. The van der Waals surface area contributed by atoms with Crippen LogP contribution >= 0.6 is 0 Å². The van der Waals surface area contributed by atoms with Gasteiger partial charge in [-0.3, -0.25) is 9.29 Å². The number of nitrogens with two attached hydrogens (primary N) is 1. The van der Waals surface area contributed by atoms with Crippen molar-refractivity contribution in [2.75, 3.05) is 10.8 Å². The summed E-state index contributed by atoms with van der Waals surface area (Å²) in [5.74, 6) is 0. The van der Waals surface area contributed by atoms with Gasteiger partial charge in [-0.1, -0.05) is 19.1 Å². The maximum atomic E-state index is 12.7. The highest BCUT2D eigenvalue weighted by molar-refractivity contribution is 7.92. The maximum Gasteiger partial charge on any atom is 0.265 e. The predicted octanol–water partition coefficient (Wildman–Crippen LogP) is 2.15. The lowest BCUT2D eigenvalue weighted by atomic mass is 10.2. The molecule has 1 heterocycles. The Morgan fingerprint density at radius 3 is 2.43 bits per heavy atom. The average molecular weight is 305 g/mol. The van der Waals surface area contributed by atoms with Crippen molar-refractivity contribution in [3.05, 3.63) is 54.4 Å². The van der Waals surface area contributed by atoms with Gasteiger partial charge >= 0.3 is 0 Å². The quantitative estimate of drug-likeness (QED) is 0.887. The van der Waals surface area contributed by atoms with Gasteiger partial charge in [0.05, 0.1) is 5.69 Å². The molecule has 112 valence electrons. The fourth-order valence-corrected chi connectivity index (χ4v) is 3.54. The summed E-state index contributed by atoms with van der Waals surface area (Å²) in [6.45, 7) is 2.79. The summed E-state index contributed by atoms with van der Waals surface area (Å²) < 4.78 is 26.9. The summed E-state index contributed by atoms with van der Waals surface area (Å²) in [6.07, 6.45) is 3.64. The first-order valence-electron chi connectivity index (χ1n) is 6.81. The van der Waals surface area contributed by atoms with Crippen molar-refractivity contribution in [1.82, 2.24) is 4.98 Å². The van der Waals surface area contributed by atoms with E-state index in [2.05, 4.69) is 4.98 Å². The first-order chi connectivity index (χ1) is 10.1. The third-order valence-electron chi connectivity index (χ3n) is 3.11. The molecule has 0 amide bonds. The molecule has 21 heavy (non-hydrogen) atoms. The van der Waals surface area contributed by atoms with Crippen LogP contribution in [-0.4, -0.2) is 19.9 Å². The minimum Gasteiger partial charge on any atom is -0.326 e. The molecule has 0 radical (unpaired) electrons. The highest BCUT2D eigenvalue weighted by Crippen LogP contribution is 2.23. The minimum absolute atomic E-state index is 0.196. The lowest BCUT2D eigenvalue weighted by Crippen LogP contribution is -2.31. The van der Waals surface area contributed by atoms with E-state index in [1.807, 2.05) is 19.1 Å². The van der Waals surface area contributed by atoms with E-state index in [-0.39, 0.29) is 4.90 Å². The van der Waals surface area contributed by atoms with Gasteiger partial charge in [0.1, 0.15) is 4.90 Å². The molecule has 2 N–H and O–H groups in total. The Bertz CT molecular complexity index is 670. The van der Waals surface area contributed by atoms with Crippen molar-refractivity contribution in [1.29, 1.82) is 0 Å². The number of aromatic nitrogens is 1. The molecule has 1 aromatic heterocycles. The molecule has 1 aromatic carbocycles. The van der Waals surface area contributed by atoms with E-state index < -0.39 is 10.0 Å². The number of anilines is 1. The molecule has 2 rings (SSSR count). The van der Waals surface area contributed by atoms with E-state index in [4.69, 9.17) is 5.73 Å². The normalized spacial score (nSPS) is 11.3. The molecule has 0 aliphatic rings. The number of hydrogen-bond acceptors (Lipinski definition) is 4. The number of hydrogen-bond donors (Lipinski definition) is 1. The second-order valence-electron chi connectivity index (χ2n) is 4.64. The van der Waals surface area contributed by atoms with Gasteiger partial charge in [-0.25, -0.2) is 8.42 Å².